The summed E-state index contributed by atoms with van der Waals surface area (Å²) >= 11 is 0. The zero-order chi connectivity index (χ0) is 17.6. The van der Waals surface area contributed by atoms with Crippen LogP contribution >= 0.6 is 12.4 Å². The van der Waals surface area contributed by atoms with E-state index in [0.29, 0.717) is 13.0 Å². The summed E-state index contributed by atoms with van der Waals surface area (Å²) in [6, 6.07) is 15.9. The second-order valence-electron chi connectivity index (χ2n) is 6.29. The molecule has 3 aromatic rings. The van der Waals surface area contributed by atoms with Crippen molar-refractivity contribution in [3.8, 4) is 0 Å². The molecule has 6 heteroatoms. The Morgan fingerprint density at radius 1 is 1.15 bits per heavy atom. The van der Waals surface area contributed by atoms with Crippen LogP contribution in [0.5, 0.6) is 0 Å². The minimum absolute atomic E-state index is 0. The predicted molar refractivity (Wildman–Crippen MR) is 107 cm³/mol. The lowest BCUT2D eigenvalue weighted by Crippen LogP contribution is -2.40. The molecule has 0 fully saturated rings. The van der Waals surface area contributed by atoms with Crippen molar-refractivity contribution in [2.45, 2.75) is 38.9 Å². The van der Waals surface area contributed by atoms with Crippen LogP contribution in [0.3, 0.4) is 0 Å². The topological polar surface area (TPSA) is 72.9 Å². The standard InChI is InChI=1S/C20H24N4O.ClH/c1-2-5-17(21)20(25)22-12-15-8-10-16(11-9-15)13-24-14-23-18-6-3-4-7-19(18)24;/h3-4,6-11,14,17H,2,5,12-13,21H2,1H3,(H,22,25);1H. The average molecular weight is 373 g/mol. The van der Waals surface area contributed by atoms with Gasteiger partial charge < -0.3 is 15.6 Å². The number of nitrogens with zero attached hydrogens (tertiary/aromatic N) is 2. The molecule has 0 aliphatic carbocycles. The molecule has 1 atom stereocenters. The summed E-state index contributed by atoms with van der Waals surface area (Å²) in [4.78, 5) is 16.3. The fraction of sp³-hybridized carbons (Fsp3) is 0.300. The fourth-order valence-electron chi connectivity index (χ4n) is 2.86. The number of carbonyl (C=O) groups excluding carboxylic acids is 1. The Labute approximate surface area is 160 Å². The lowest BCUT2D eigenvalue weighted by atomic mass is 10.1. The van der Waals surface area contributed by atoms with Gasteiger partial charge in [0.2, 0.25) is 5.91 Å². The van der Waals surface area contributed by atoms with E-state index in [1.54, 1.807) is 0 Å². The molecule has 0 bridgehead atoms. The van der Waals surface area contributed by atoms with Gasteiger partial charge in [-0.15, -0.1) is 12.4 Å². The summed E-state index contributed by atoms with van der Waals surface area (Å²) in [7, 11) is 0. The molecule has 0 aliphatic heterocycles. The van der Waals surface area contributed by atoms with Gasteiger partial charge in [-0.05, 0) is 29.7 Å². The zero-order valence-electron chi connectivity index (χ0n) is 14.9. The van der Waals surface area contributed by atoms with Crippen molar-refractivity contribution in [1.29, 1.82) is 0 Å². The molecule has 0 radical (unpaired) electrons. The van der Waals surface area contributed by atoms with Crippen LogP contribution in [0.15, 0.2) is 54.9 Å². The number of amides is 1. The minimum atomic E-state index is -0.418. The maximum Gasteiger partial charge on any atom is 0.237 e. The molecular formula is C20H25ClN4O. The van der Waals surface area contributed by atoms with Gasteiger partial charge in [0.05, 0.1) is 23.4 Å². The number of para-hydroxylation sites is 2. The molecule has 1 aromatic heterocycles. The van der Waals surface area contributed by atoms with Crippen LogP contribution in [-0.4, -0.2) is 21.5 Å². The smallest absolute Gasteiger partial charge is 0.237 e. The number of carbonyl (C=O) groups is 1. The molecule has 0 aliphatic rings. The van der Waals surface area contributed by atoms with Crippen molar-refractivity contribution < 1.29 is 4.79 Å². The van der Waals surface area contributed by atoms with Gasteiger partial charge in [-0.3, -0.25) is 4.79 Å². The summed E-state index contributed by atoms with van der Waals surface area (Å²) in [5.41, 5.74) is 10.2. The Morgan fingerprint density at radius 3 is 2.58 bits per heavy atom. The molecule has 1 amide bonds. The van der Waals surface area contributed by atoms with Crippen LogP contribution in [0.1, 0.15) is 30.9 Å². The molecule has 3 rings (SSSR count). The molecule has 26 heavy (non-hydrogen) atoms. The molecule has 3 N–H and O–H groups in total. The van der Waals surface area contributed by atoms with Gasteiger partial charge in [0.1, 0.15) is 0 Å². The highest BCUT2D eigenvalue weighted by atomic mass is 35.5. The summed E-state index contributed by atoms with van der Waals surface area (Å²) in [5, 5.41) is 2.89. The van der Waals surface area contributed by atoms with E-state index in [1.807, 2.05) is 43.6 Å². The maximum absolute atomic E-state index is 11.9. The number of nitrogens with one attached hydrogen (secondary N) is 1. The maximum atomic E-state index is 11.9. The van der Waals surface area contributed by atoms with Gasteiger partial charge in [0, 0.05) is 13.1 Å². The number of hydrogen-bond donors (Lipinski definition) is 2. The number of hydrogen-bond acceptors (Lipinski definition) is 3. The van der Waals surface area contributed by atoms with E-state index in [2.05, 4.69) is 33.1 Å². The van der Waals surface area contributed by atoms with Gasteiger partial charge in [-0.1, -0.05) is 49.7 Å². The van der Waals surface area contributed by atoms with Crippen LogP contribution in [0, 0.1) is 0 Å². The molecular weight excluding hydrogens is 348 g/mol. The second kappa shape index (κ2) is 9.36. The number of imidazole rings is 1. The van der Waals surface area contributed by atoms with Crippen molar-refractivity contribution in [3.05, 3.63) is 66.0 Å². The van der Waals surface area contributed by atoms with Crippen LogP contribution in [0.25, 0.3) is 11.0 Å². The van der Waals surface area contributed by atoms with Crippen LogP contribution in [-0.2, 0) is 17.9 Å². The molecule has 1 heterocycles. The third kappa shape index (κ3) is 4.84. The SMILES string of the molecule is CCCC(N)C(=O)NCc1ccc(Cn2cnc3ccccc32)cc1.Cl. The minimum Gasteiger partial charge on any atom is -0.351 e. The summed E-state index contributed by atoms with van der Waals surface area (Å²) in [5.74, 6) is -0.0872. The molecule has 0 saturated heterocycles. The van der Waals surface area contributed by atoms with E-state index in [1.165, 1.54) is 5.56 Å². The summed E-state index contributed by atoms with van der Waals surface area (Å²) in [6.45, 7) is 3.30. The fourth-order valence-corrected chi connectivity index (χ4v) is 2.86. The van der Waals surface area contributed by atoms with Crippen molar-refractivity contribution >= 4 is 29.3 Å². The lowest BCUT2D eigenvalue weighted by Gasteiger charge is -2.11. The van der Waals surface area contributed by atoms with E-state index in [0.717, 1.165) is 29.6 Å². The van der Waals surface area contributed by atoms with E-state index in [-0.39, 0.29) is 18.3 Å². The first-order chi connectivity index (χ1) is 12.2. The van der Waals surface area contributed by atoms with Crippen molar-refractivity contribution in [2.24, 2.45) is 5.73 Å². The van der Waals surface area contributed by atoms with E-state index >= 15 is 0 Å². The molecule has 0 spiro atoms. The number of fused-ring (bicyclic) bond motifs is 1. The molecule has 5 nitrogen and oxygen atoms in total. The van der Waals surface area contributed by atoms with E-state index < -0.39 is 6.04 Å². The highest BCUT2D eigenvalue weighted by Crippen LogP contribution is 2.14. The highest BCUT2D eigenvalue weighted by molar-refractivity contribution is 5.85. The monoisotopic (exact) mass is 372 g/mol. The zero-order valence-corrected chi connectivity index (χ0v) is 15.7. The Bertz CT molecular complexity index is 844. The Morgan fingerprint density at radius 2 is 1.85 bits per heavy atom. The van der Waals surface area contributed by atoms with Crippen LogP contribution < -0.4 is 11.1 Å². The number of halogens is 1. The van der Waals surface area contributed by atoms with Crippen molar-refractivity contribution in [3.63, 3.8) is 0 Å². The summed E-state index contributed by atoms with van der Waals surface area (Å²) in [6.07, 6.45) is 3.49. The highest BCUT2D eigenvalue weighted by Gasteiger charge is 2.11. The van der Waals surface area contributed by atoms with E-state index in [9.17, 15) is 4.79 Å². The van der Waals surface area contributed by atoms with Gasteiger partial charge >= 0.3 is 0 Å². The number of benzene rings is 2. The van der Waals surface area contributed by atoms with Crippen LogP contribution in [0.2, 0.25) is 0 Å². The first-order valence-electron chi connectivity index (χ1n) is 8.68. The lowest BCUT2D eigenvalue weighted by molar-refractivity contribution is -0.122. The molecule has 0 saturated carbocycles. The number of rotatable bonds is 7. The Kier molecular flexibility index (Phi) is 7.18. The first-order valence-corrected chi connectivity index (χ1v) is 8.68. The third-order valence-corrected chi connectivity index (χ3v) is 4.31. The predicted octanol–water partition coefficient (Wildman–Crippen LogP) is 3.25. The largest absolute Gasteiger partial charge is 0.351 e. The van der Waals surface area contributed by atoms with Crippen LogP contribution in [0.4, 0.5) is 0 Å². The summed E-state index contributed by atoms with van der Waals surface area (Å²) < 4.78 is 2.13. The normalized spacial score (nSPS) is 11.8. The second-order valence-corrected chi connectivity index (χ2v) is 6.29. The van der Waals surface area contributed by atoms with Crippen molar-refractivity contribution in [1.82, 2.24) is 14.9 Å². The Balaban J connectivity index is 0.00000243. The third-order valence-electron chi connectivity index (χ3n) is 4.31. The van der Waals surface area contributed by atoms with Gasteiger partial charge in [-0.2, -0.15) is 0 Å². The molecule has 2 aromatic carbocycles. The number of aromatic nitrogens is 2. The molecule has 138 valence electrons. The number of nitrogens with two attached hydrogens (primary N) is 1. The molecule has 1 unspecified atom stereocenters. The quantitative estimate of drug-likeness (QED) is 0.668. The Hall–Kier alpha value is -2.37. The first kappa shape index (κ1) is 19.9. The van der Waals surface area contributed by atoms with Gasteiger partial charge in [-0.25, -0.2) is 4.98 Å². The van der Waals surface area contributed by atoms with Crippen molar-refractivity contribution in [2.75, 3.05) is 0 Å². The van der Waals surface area contributed by atoms with E-state index in [4.69, 9.17) is 5.73 Å². The average Bonchev–Trinajstić information content (AvgIpc) is 3.04. The van der Waals surface area contributed by atoms with Gasteiger partial charge in [0.25, 0.3) is 0 Å². The van der Waals surface area contributed by atoms with Gasteiger partial charge in [0.15, 0.2) is 0 Å².